The maximum absolute atomic E-state index is 3.53. The molecule has 1 atom stereocenters. The first-order chi connectivity index (χ1) is 5.47. The largest absolute Gasteiger partial charge is 0.310 e. The molecule has 2 heterocycles. The third kappa shape index (κ3) is 1.63. The van der Waals surface area contributed by atoms with E-state index in [1.165, 1.54) is 31.4 Å². The van der Waals surface area contributed by atoms with E-state index in [1.54, 1.807) is 11.3 Å². The predicted octanol–water partition coefficient (Wildman–Crippen LogP) is 2.56. The lowest BCUT2D eigenvalue weighted by molar-refractivity contribution is 0.413. The van der Waals surface area contributed by atoms with Gasteiger partial charge in [0.1, 0.15) is 0 Å². The molecule has 0 bridgehead atoms. The van der Waals surface area contributed by atoms with E-state index in [0.717, 1.165) is 0 Å². The zero-order valence-corrected chi connectivity index (χ0v) is 7.36. The van der Waals surface area contributed by atoms with Crippen molar-refractivity contribution in [3.8, 4) is 0 Å². The number of hydrogen-bond acceptors (Lipinski definition) is 2. The lowest BCUT2D eigenvalue weighted by atomic mass is 10.0. The van der Waals surface area contributed by atoms with E-state index in [1.807, 2.05) is 0 Å². The van der Waals surface area contributed by atoms with E-state index in [9.17, 15) is 0 Å². The summed E-state index contributed by atoms with van der Waals surface area (Å²) in [6.45, 7) is 1.19. The van der Waals surface area contributed by atoms with Crippen LogP contribution in [0.4, 0.5) is 0 Å². The zero-order chi connectivity index (χ0) is 7.52. The van der Waals surface area contributed by atoms with Crippen LogP contribution in [0.1, 0.15) is 30.9 Å². The van der Waals surface area contributed by atoms with E-state index in [4.69, 9.17) is 0 Å². The van der Waals surface area contributed by atoms with Crippen LogP contribution in [-0.4, -0.2) is 6.54 Å². The molecule has 2 rings (SSSR count). The van der Waals surface area contributed by atoms with Crippen LogP contribution in [0.5, 0.6) is 0 Å². The lowest BCUT2D eigenvalue weighted by Crippen LogP contribution is -2.26. The van der Waals surface area contributed by atoms with E-state index in [2.05, 4.69) is 22.1 Å². The third-order valence-corrected chi connectivity index (χ3v) is 2.96. The molecule has 1 aliphatic rings. The number of rotatable bonds is 1. The van der Waals surface area contributed by atoms with Crippen molar-refractivity contribution in [3.05, 3.63) is 22.4 Å². The Kier molecular flexibility index (Phi) is 2.24. The molecule has 0 saturated carbocycles. The summed E-state index contributed by atoms with van der Waals surface area (Å²) in [6.07, 6.45) is 4.05. The summed E-state index contributed by atoms with van der Waals surface area (Å²) >= 11 is 1.79. The Bertz CT molecular complexity index is 199. The molecule has 1 nitrogen and oxygen atoms in total. The topological polar surface area (TPSA) is 12.0 Å². The van der Waals surface area contributed by atoms with Crippen molar-refractivity contribution in [2.24, 2.45) is 0 Å². The zero-order valence-electron chi connectivity index (χ0n) is 6.55. The van der Waals surface area contributed by atoms with Crippen molar-refractivity contribution in [3.63, 3.8) is 0 Å². The highest BCUT2D eigenvalue weighted by molar-refractivity contribution is 7.07. The van der Waals surface area contributed by atoms with E-state index in [0.29, 0.717) is 6.04 Å². The third-order valence-electron chi connectivity index (χ3n) is 2.26. The van der Waals surface area contributed by atoms with Gasteiger partial charge in [0.2, 0.25) is 0 Å². The SMILES string of the molecule is c1cc([C@H]2CCCCN2)cs1. The Labute approximate surface area is 71.4 Å². The van der Waals surface area contributed by atoms with Gasteiger partial charge in [-0.1, -0.05) is 6.42 Å². The molecule has 11 heavy (non-hydrogen) atoms. The van der Waals surface area contributed by atoms with Gasteiger partial charge in [-0.25, -0.2) is 0 Å². The highest BCUT2D eigenvalue weighted by atomic mass is 32.1. The van der Waals surface area contributed by atoms with Crippen molar-refractivity contribution in [2.75, 3.05) is 6.54 Å². The fraction of sp³-hybridized carbons (Fsp3) is 0.556. The van der Waals surface area contributed by atoms with Gasteiger partial charge in [-0.05, 0) is 41.8 Å². The standard InChI is InChI=1S/C9H13NS/c1-2-5-10-9(3-1)8-4-6-11-7-8/h4,6-7,9-10H,1-3,5H2/t9-/m1/s1. The molecule has 0 amide bonds. The van der Waals surface area contributed by atoms with Crippen LogP contribution in [-0.2, 0) is 0 Å². The van der Waals surface area contributed by atoms with Gasteiger partial charge in [0.05, 0.1) is 0 Å². The summed E-state index contributed by atoms with van der Waals surface area (Å²) in [5.41, 5.74) is 1.48. The number of piperidine rings is 1. The Morgan fingerprint density at radius 3 is 3.09 bits per heavy atom. The van der Waals surface area contributed by atoms with Crippen LogP contribution in [0, 0.1) is 0 Å². The summed E-state index contributed by atoms with van der Waals surface area (Å²) in [7, 11) is 0. The molecule has 1 aliphatic heterocycles. The summed E-state index contributed by atoms with van der Waals surface area (Å²) in [5.74, 6) is 0. The first-order valence-electron chi connectivity index (χ1n) is 4.22. The number of thiophene rings is 1. The Morgan fingerprint density at radius 2 is 2.45 bits per heavy atom. The van der Waals surface area contributed by atoms with Gasteiger partial charge in [0.15, 0.2) is 0 Å². The fourth-order valence-electron chi connectivity index (χ4n) is 1.61. The molecule has 1 fully saturated rings. The van der Waals surface area contributed by atoms with Gasteiger partial charge in [-0.2, -0.15) is 11.3 Å². The molecule has 1 N–H and O–H groups in total. The van der Waals surface area contributed by atoms with Crippen LogP contribution in [0.25, 0.3) is 0 Å². The molecule has 1 saturated heterocycles. The summed E-state index contributed by atoms with van der Waals surface area (Å²) in [5, 5.41) is 7.94. The van der Waals surface area contributed by atoms with Crippen molar-refractivity contribution in [2.45, 2.75) is 25.3 Å². The maximum atomic E-state index is 3.53. The minimum atomic E-state index is 0.648. The Hall–Kier alpha value is -0.340. The number of nitrogens with one attached hydrogen (secondary N) is 1. The number of hydrogen-bond donors (Lipinski definition) is 1. The first-order valence-corrected chi connectivity index (χ1v) is 5.16. The van der Waals surface area contributed by atoms with E-state index >= 15 is 0 Å². The van der Waals surface area contributed by atoms with Crippen molar-refractivity contribution < 1.29 is 0 Å². The highest BCUT2D eigenvalue weighted by Gasteiger charge is 2.13. The highest BCUT2D eigenvalue weighted by Crippen LogP contribution is 2.24. The van der Waals surface area contributed by atoms with Gasteiger partial charge >= 0.3 is 0 Å². The van der Waals surface area contributed by atoms with Crippen LogP contribution >= 0.6 is 11.3 Å². The van der Waals surface area contributed by atoms with E-state index in [-0.39, 0.29) is 0 Å². The second-order valence-electron chi connectivity index (χ2n) is 3.06. The van der Waals surface area contributed by atoms with Gasteiger partial charge in [-0.15, -0.1) is 0 Å². The molecule has 1 aromatic heterocycles. The van der Waals surface area contributed by atoms with E-state index < -0.39 is 0 Å². The minimum absolute atomic E-state index is 0.648. The predicted molar refractivity (Wildman–Crippen MR) is 48.9 cm³/mol. The second-order valence-corrected chi connectivity index (χ2v) is 3.84. The van der Waals surface area contributed by atoms with Crippen LogP contribution in [0.3, 0.4) is 0 Å². The van der Waals surface area contributed by atoms with Crippen LogP contribution in [0.2, 0.25) is 0 Å². The lowest BCUT2D eigenvalue weighted by Gasteiger charge is -2.22. The Balaban J connectivity index is 2.04. The monoisotopic (exact) mass is 167 g/mol. The molecule has 60 valence electrons. The average Bonchev–Trinajstić information content (AvgIpc) is 2.58. The molecule has 0 aromatic carbocycles. The van der Waals surface area contributed by atoms with Crippen molar-refractivity contribution >= 4 is 11.3 Å². The second kappa shape index (κ2) is 3.37. The van der Waals surface area contributed by atoms with Crippen molar-refractivity contribution in [1.82, 2.24) is 5.32 Å². The minimum Gasteiger partial charge on any atom is -0.310 e. The van der Waals surface area contributed by atoms with Crippen molar-refractivity contribution in [1.29, 1.82) is 0 Å². The summed E-state index contributed by atoms with van der Waals surface area (Å²) < 4.78 is 0. The maximum Gasteiger partial charge on any atom is 0.0328 e. The Morgan fingerprint density at radius 1 is 1.45 bits per heavy atom. The first kappa shape index (κ1) is 7.32. The molecule has 0 radical (unpaired) electrons. The average molecular weight is 167 g/mol. The molecular weight excluding hydrogens is 154 g/mol. The van der Waals surface area contributed by atoms with Crippen LogP contribution < -0.4 is 5.32 Å². The quantitative estimate of drug-likeness (QED) is 0.678. The smallest absolute Gasteiger partial charge is 0.0328 e. The molecule has 1 aromatic rings. The van der Waals surface area contributed by atoms with Gasteiger partial charge in [0, 0.05) is 6.04 Å². The summed E-state index contributed by atoms with van der Waals surface area (Å²) in [6, 6.07) is 2.88. The molecule has 0 unspecified atom stereocenters. The molecule has 2 heteroatoms. The molecular formula is C9H13NS. The molecule has 0 spiro atoms. The van der Waals surface area contributed by atoms with Gasteiger partial charge in [-0.3, -0.25) is 0 Å². The molecule has 0 aliphatic carbocycles. The van der Waals surface area contributed by atoms with Gasteiger partial charge < -0.3 is 5.32 Å². The normalized spacial score (nSPS) is 25.3. The fourth-order valence-corrected chi connectivity index (χ4v) is 2.32. The van der Waals surface area contributed by atoms with Crippen LogP contribution in [0.15, 0.2) is 16.8 Å². The van der Waals surface area contributed by atoms with Gasteiger partial charge in [0.25, 0.3) is 0 Å². The summed E-state index contributed by atoms with van der Waals surface area (Å²) in [4.78, 5) is 0.